The number of methoxy groups -OCH3 is 1. The number of aliphatic hydroxyl groups is 1. The van der Waals surface area contributed by atoms with Crippen LogP contribution >= 0.6 is 11.3 Å². The molecule has 8 nitrogen and oxygen atoms in total. The summed E-state index contributed by atoms with van der Waals surface area (Å²) >= 11 is 0.944. The van der Waals surface area contributed by atoms with E-state index in [-0.39, 0.29) is 27.9 Å². The van der Waals surface area contributed by atoms with E-state index in [0.29, 0.717) is 24.5 Å². The van der Waals surface area contributed by atoms with Crippen molar-refractivity contribution in [3.05, 3.63) is 53.3 Å². The molecule has 2 aromatic heterocycles. The van der Waals surface area contributed by atoms with E-state index in [2.05, 4.69) is 15.3 Å². The first-order valence-electron chi connectivity index (χ1n) is 10.2. The molecule has 1 fully saturated rings. The monoisotopic (exact) mass is 475 g/mol. The molecule has 1 aliphatic heterocycles. The number of nitrogens with two attached hydrogens (primary N) is 1. The SMILES string of the molecule is COc1ccc(F)c(-c2nc(C(=O)Nc3cnccc3N3C[C@@H](N)[C@H](O)[C@@H](C)C3)cs2)c1F. The summed E-state index contributed by atoms with van der Waals surface area (Å²) in [6.07, 6.45) is 2.50. The van der Waals surface area contributed by atoms with Gasteiger partial charge in [-0.15, -0.1) is 11.3 Å². The summed E-state index contributed by atoms with van der Waals surface area (Å²) in [5, 5.41) is 14.4. The van der Waals surface area contributed by atoms with Crippen molar-refractivity contribution in [3.63, 3.8) is 0 Å². The molecule has 4 N–H and O–H groups in total. The van der Waals surface area contributed by atoms with Crippen LogP contribution in [-0.4, -0.2) is 53.3 Å². The second-order valence-corrected chi connectivity index (χ2v) is 8.72. The minimum atomic E-state index is -0.883. The molecular formula is C22H23F2N5O3S. The number of carbonyl (C=O) groups excluding carboxylic acids is 1. The molecule has 0 bridgehead atoms. The van der Waals surface area contributed by atoms with Crippen LogP contribution in [0.2, 0.25) is 0 Å². The summed E-state index contributed by atoms with van der Waals surface area (Å²) in [6.45, 7) is 2.87. The fourth-order valence-corrected chi connectivity index (χ4v) is 4.68. The normalized spacial score (nSPS) is 20.5. The second-order valence-electron chi connectivity index (χ2n) is 7.86. The van der Waals surface area contributed by atoms with Gasteiger partial charge in [0, 0.05) is 36.6 Å². The highest BCUT2D eigenvalue weighted by Crippen LogP contribution is 2.34. The molecule has 1 aromatic carbocycles. The van der Waals surface area contributed by atoms with Crippen LogP contribution in [0.25, 0.3) is 10.6 Å². The molecule has 0 aliphatic carbocycles. The van der Waals surface area contributed by atoms with Crippen LogP contribution in [0.4, 0.5) is 20.2 Å². The summed E-state index contributed by atoms with van der Waals surface area (Å²) in [7, 11) is 1.28. The first-order chi connectivity index (χ1) is 15.8. The Morgan fingerprint density at radius 1 is 1.33 bits per heavy atom. The molecule has 4 rings (SSSR count). The molecule has 11 heteroatoms. The molecule has 1 aliphatic rings. The van der Waals surface area contributed by atoms with Crippen molar-refractivity contribution in [1.29, 1.82) is 0 Å². The van der Waals surface area contributed by atoms with Crippen molar-refractivity contribution < 1.29 is 23.4 Å². The Bertz CT molecular complexity index is 1160. The lowest BCUT2D eigenvalue weighted by Crippen LogP contribution is -2.55. The number of benzene rings is 1. The van der Waals surface area contributed by atoms with Crippen LogP contribution < -0.4 is 20.7 Å². The smallest absolute Gasteiger partial charge is 0.275 e. The number of hydrogen-bond donors (Lipinski definition) is 3. The van der Waals surface area contributed by atoms with E-state index < -0.39 is 29.7 Å². The van der Waals surface area contributed by atoms with E-state index in [4.69, 9.17) is 10.5 Å². The first-order valence-corrected chi connectivity index (χ1v) is 11.1. The fourth-order valence-electron chi connectivity index (χ4n) is 3.84. The molecule has 3 atom stereocenters. The maximum Gasteiger partial charge on any atom is 0.275 e. The van der Waals surface area contributed by atoms with Gasteiger partial charge in [0.2, 0.25) is 0 Å². The van der Waals surface area contributed by atoms with Crippen molar-refractivity contribution in [3.8, 4) is 16.3 Å². The zero-order valence-corrected chi connectivity index (χ0v) is 18.8. The number of pyridine rings is 1. The van der Waals surface area contributed by atoms with Crippen molar-refractivity contribution in [2.75, 3.05) is 30.4 Å². The zero-order valence-electron chi connectivity index (χ0n) is 18.0. The first kappa shape index (κ1) is 23.0. The number of nitrogens with one attached hydrogen (secondary N) is 1. The van der Waals surface area contributed by atoms with Gasteiger partial charge in [0.05, 0.1) is 36.3 Å². The van der Waals surface area contributed by atoms with Gasteiger partial charge < -0.3 is 25.8 Å². The highest BCUT2D eigenvalue weighted by Gasteiger charge is 2.32. The van der Waals surface area contributed by atoms with Gasteiger partial charge in [-0.3, -0.25) is 9.78 Å². The number of aliphatic hydroxyl groups excluding tert-OH is 1. The van der Waals surface area contributed by atoms with Crippen LogP contribution in [0.15, 0.2) is 36.0 Å². The van der Waals surface area contributed by atoms with Gasteiger partial charge in [0.25, 0.3) is 5.91 Å². The fraction of sp³-hybridized carbons (Fsp3) is 0.318. The quantitative estimate of drug-likeness (QED) is 0.520. The highest BCUT2D eigenvalue weighted by atomic mass is 32.1. The molecule has 3 aromatic rings. The van der Waals surface area contributed by atoms with Gasteiger partial charge in [0.15, 0.2) is 11.6 Å². The molecule has 0 saturated carbocycles. The van der Waals surface area contributed by atoms with Crippen LogP contribution in [0.1, 0.15) is 17.4 Å². The van der Waals surface area contributed by atoms with Crippen LogP contribution in [0, 0.1) is 17.6 Å². The molecule has 0 spiro atoms. The summed E-state index contributed by atoms with van der Waals surface area (Å²) in [5.41, 5.74) is 6.86. The summed E-state index contributed by atoms with van der Waals surface area (Å²) < 4.78 is 33.8. The van der Waals surface area contributed by atoms with Crippen molar-refractivity contribution in [2.45, 2.75) is 19.1 Å². The Labute approximate surface area is 193 Å². The highest BCUT2D eigenvalue weighted by molar-refractivity contribution is 7.13. The number of ether oxygens (including phenoxy) is 1. The third kappa shape index (κ3) is 4.52. The van der Waals surface area contributed by atoms with Crippen molar-refractivity contribution >= 4 is 28.6 Å². The largest absolute Gasteiger partial charge is 0.494 e. The third-order valence-electron chi connectivity index (χ3n) is 5.57. The van der Waals surface area contributed by atoms with Gasteiger partial charge in [-0.25, -0.2) is 13.8 Å². The number of aromatic nitrogens is 2. The van der Waals surface area contributed by atoms with E-state index in [1.807, 2.05) is 11.8 Å². The van der Waals surface area contributed by atoms with Gasteiger partial charge in [-0.05, 0) is 18.2 Å². The number of carbonyl (C=O) groups is 1. The number of amides is 1. The van der Waals surface area contributed by atoms with E-state index in [9.17, 15) is 18.7 Å². The zero-order chi connectivity index (χ0) is 23.7. The lowest BCUT2D eigenvalue weighted by Gasteiger charge is -2.40. The van der Waals surface area contributed by atoms with Gasteiger partial charge in [-0.1, -0.05) is 6.92 Å². The molecule has 1 amide bonds. The summed E-state index contributed by atoms with van der Waals surface area (Å²) in [4.78, 5) is 23.1. The Hall–Kier alpha value is -3.15. The van der Waals surface area contributed by atoms with Crippen molar-refractivity contribution in [1.82, 2.24) is 9.97 Å². The molecular weight excluding hydrogens is 452 g/mol. The summed E-state index contributed by atoms with van der Waals surface area (Å²) in [5.74, 6) is -2.41. The number of piperidine rings is 1. The minimum Gasteiger partial charge on any atom is -0.494 e. The Balaban J connectivity index is 1.58. The van der Waals surface area contributed by atoms with E-state index >= 15 is 0 Å². The standard InChI is InChI=1S/C22H23F2N5O3S/c1-11-8-29(9-13(25)20(11)30)16-5-6-26-7-14(16)27-21(31)15-10-33-22(28-15)18-12(23)3-4-17(32-2)19(18)24/h3-7,10-11,13,20,30H,8-9,25H2,1-2H3,(H,27,31)/t11-,13+,20+/m0/s1. The Morgan fingerprint density at radius 3 is 2.85 bits per heavy atom. The lowest BCUT2D eigenvalue weighted by atomic mass is 9.92. The van der Waals surface area contributed by atoms with Gasteiger partial charge in [0.1, 0.15) is 16.5 Å². The molecule has 0 unspecified atom stereocenters. The number of anilines is 2. The van der Waals surface area contributed by atoms with Crippen LogP contribution in [0.5, 0.6) is 5.75 Å². The Kier molecular flexibility index (Phi) is 6.54. The van der Waals surface area contributed by atoms with Gasteiger partial charge >= 0.3 is 0 Å². The molecule has 3 heterocycles. The maximum absolute atomic E-state index is 14.6. The molecule has 174 valence electrons. The second kappa shape index (κ2) is 9.38. The number of rotatable bonds is 5. The predicted molar refractivity (Wildman–Crippen MR) is 122 cm³/mol. The van der Waals surface area contributed by atoms with E-state index in [1.165, 1.54) is 24.8 Å². The Morgan fingerprint density at radius 2 is 2.12 bits per heavy atom. The average Bonchev–Trinajstić information content (AvgIpc) is 3.27. The number of thiazole rings is 1. The van der Waals surface area contributed by atoms with Crippen LogP contribution in [-0.2, 0) is 0 Å². The third-order valence-corrected chi connectivity index (χ3v) is 6.43. The molecule has 0 radical (unpaired) electrons. The topological polar surface area (TPSA) is 114 Å². The average molecular weight is 476 g/mol. The predicted octanol–water partition coefficient (Wildman–Crippen LogP) is 2.89. The lowest BCUT2D eigenvalue weighted by molar-refractivity contribution is 0.0785. The van der Waals surface area contributed by atoms with E-state index in [1.54, 1.807) is 12.3 Å². The summed E-state index contributed by atoms with van der Waals surface area (Å²) in [6, 6.07) is 3.59. The number of hydrogen-bond acceptors (Lipinski definition) is 8. The molecule has 33 heavy (non-hydrogen) atoms. The van der Waals surface area contributed by atoms with E-state index in [0.717, 1.165) is 17.4 Å². The maximum atomic E-state index is 14.6. The molecule has 1 saturated heterocycles. The van der Waals surface area contributed by atoms with Crippen molar-refractivity contribution in [2.24, 2.45) is 11.7 Å². The number of halogens is 2. The van der Waals surface area contributed by atoms with Crippen LogP contribution in [0.3, 0.4) is 0 Å². The number of nitrogens with zero attached hydrogens (tertiary/aromatic N) is 3. The van der Waals surface area contributed by atoms with Gasteiger partial charge in [-0.2, -0.15) is 0 Å². The minimum absolute atomic E-state index is 0.00515.